The summed E-state index contributed by atoms with van der Waals surface area (Å²) in [6, 6.07) is 14.5. The molecule has 0 bridgehead atoms. The van der Waals surface area contributed by atoms with E-state index in [0.717, 1.165) is 10.0 Å². The number of rotatable bonds is 7. The maximum absolute atomic E-state index is 11.7. The van der Waals surface area contributed by atoms with Crippen LogP contribution in [0, 0.1) is 12.3 Å². The van der Waals surface area contributed by atoms with Crippen LogP contribution >= 0.6 is 15.9 Å². The number of hydrogen-bond acceptors (Lipinski definition) is 4. The lowest BCUT2D eigenvalue weighted by Crippen LogP contribution is -2.16. The molecule has 0 fully saturated rings. The van der Waals surface area contributed by atoms with E-state index >= 15 is 0 Å². The summed E-state index contributed by atoms with van der Waals surface area (Å²) in [6.07, 6.45) is 6.66. The van der Waals surface area contributed by atoms with E-state index in [2.05, 4.69) is 32.3 Å². The number of amides is 1. The van der Waals surface area contributed by atoms with Gasteiger partial charge in [-0.05, 0) is 51.8 Å². The normalized spacial score (nSPS) is 10.2. The Hall–Kier alpha value is -2.78. The van der Waals surface area contributed by atoms with Crippen LogP contribution in [0.15, 0.2) is 58.2 Å². The highest BCUT2D eigenvalue weighted by Gasteiger charge is 2.03. The van der Waals surface area contributed by atoms with Crippen LogP contribution < -0.4 is 10.1 Å². The molecule has 0 heterocycles. The van der Waals surface area contributed by atoms with E-state index in [1.54, 1.807) is 24.3 Å². The van der Waals surface area contributed by atoms with E-state index in [1.807, 2.05) is 24.3 Å². The Morgan fingerprint density at radius 3 is 2.79 bits per heavy atom. The minimum Gasteiger partial charge on any atom is -0.480 e. The van der Waals surface area contributed by atoms with E-state index in [0.29, 0.717) is 11.4 Å². The molecule has 0 atom stereocenters. The third-order valence-corrected chi connectivity index (χ3v) is 3.42. The highest BCUT2D eigenvalue weighted by Crippen LogP contribution is 2.25. The number of ether oxygens (including phenoxy) is 1. The number of anilines is 1. The second kappa shape index (κ2) is 9.38. The van der Waals surface area contributed by atoms with Crippen molar-refractivity contribution in [3.8, 4) is 18.1 Å². The van der Waals surface area contributed by atoms with E-state index in [4.69, 9.17) is 16.0 Å². The quantitative estimate of drug-likeness (QED) is 0.450. The molecule has 2 rings (SSSR count). The minimum atomic E-state index is -0.280. The van der Waals surface area contributed by atoms with Crippen LogP contribution in [0.25, 0.3) is 0 Å². The number of carbonyl (C=O) groups is 1. The molecular weight excluding hydrogens is 372 g/mol. The smallest absolute Gasteiger partial charge is 0.265 e. The number of oxime groups is 1. The molecule has 2 aromatic carbocycles. The number of hydrogen-bond donors (Lipinski definition) is 1. The Bertz CT molecular complexity index is 755. The third-order valence-electron chi connectivity index (χ3n) is 2.80. The van der Waals surface area contributed by atoms with Crippen molar-refractivity contribution in [3.05, 3.63) is 58.6 Å². The number of para-hydroxylation sites is 1. The van der Waals surface area contributed by atoms with Gasteiger partial charge in [0.2, 0.25) is 0 Å². The van der Waals surface area contributed by atoms with Gasteiger partial charge in [-0.3, -0.25) is 4.79 Å². The zero-order chi connectivity index (χ0) is 17.2. The molecule has 6 heteroatoms. The Balaban J connectivity index is 1.80. The van der Waals surface area contributed by atoms with Crippen LogP contribution in [-0.4, -0.2) is 25.3 Å². The van der Waals surface area contributed by atoms with Gasteiger partial charge >= 0.3 is 0 Å². The molecule has 0 aromatic heterocycles. The molecular formula is C18H15BrN2O3. The maximum Gasteiger partial charge on any atom is 0.265 e. The molecule has 5 nitrogen and oxygen atoms in total. The summed E-state index contributed by atoms with van der Waals surface area (Å²) in [4.78, 5) is 16.7. The summed E-state index contributed by atoms with van der Waals surface area (Å²) in [5.74, 6) is 2.77. The molecule has 0 unspecified atom stereocenters. The van der Waals surface area contributed by atoms with Gasteiger partial charge < -0.3 is 14.9 Å². The monoisotopic (exact) mass is 386 g/mol. The van der Waals surface area contributed by atoms with Gasteiger partial charge in [-0.15, -0.1) is 6.42 Å². The summed E-state index contributed by atoms with van der Waals surface area (Å²) in [7, 11) is 0. The zero-order valence-electron chi connectivity index (χ0n) is 12.7. The maximum atomic E-state index is 11.7. The van der Waals surface area contributed by atoms with Crippen molar-refractivity contribution in [2.45, 2.75) is 0 Å². The fourth-order valence-electron chi connectivity index (χ4n) is 1.75. The van der Waals surface area contributed by atoms with Crippen molar-refractivity contribution in [1.82, 2.24) is 0 Å². The third kappa shape index (κ3) is 5.78. The Morgan fingerprint density at radius 1 is 1.29 bits per heavy atom. The van der Waals surface area contributed by atoms with E-state index in [9.17, 15) is 4.79 Å². The van der Waals surface area contributed by atoms with E-state index in [-0.39, 0.29) is 19.1 Å². The molecule has 0 saturated carbocycles. The molecule has 0 aliphatic rings. The number of benzene rings is 2. The van der Waals surface area contributed by atoms with Crippen molar-refractivity contribution in [1.29, 1.82) is 0 Å². The molecule has 0 saturated heterocycles. The molecule has 1 N–H and O–H groups in total. The Kier molecular flexibility index (Phi) is 6.87. The number of nitrogens with one attached hydrogen (secondary N) is 1. The average molecular weight is 387 g/mol. The standard InChI is InChI=1S/C18H15BrN2O3/c1-2-10-23-17-9-8-14(11-16(17)19)12-20-24-13-18(22)21-15-6-4-3-5-7-15/h1,3-9,11-12H,10,13H2,(H,21,22)/b20-12+. The SMILES string of the molecule is C#CCOc1ccc(/C=N/OCC(=O)Nc2ccccc2)cc1Br. The van der Waals surface area contributed by atoms with Crippen LogP contribution in [0.5, 0.6) is 5.75 Å². The molecule has 0 radical (unpaired) electrons. The minimum absolute atomic E-state index is 0.171. The predicted octanol–water partition coefficient (Wildman–Crippen LogP) is 3.45. The first-order chi connectivity index (χ1) is 11.7. The van der Waals surface area contributed by atoms with Gasteiger partial charge in [-0.1, -0.05) is 29.3 Å². The average Bonchev–Trinajstić information content (AvgIpc) is 2.59. The van der Waals surface area contributed by atoms with Gasteiger partial charge in [-0.25, -0.2) is 0 Å². The molecule has 1 amide bonds. The first kappa shape index (κ1) is 17.6. The molecule has 0 aliphatic heterocycles. The van der Waals surface area contributed by atoms with Gasteiger partial charge in [0.25, 0.3) is 5.91 Å². The zero-order valence-corrected chi connectivity index (χ0v) is 14.3. The number of nitrogens with zero attached hydrogens (tertiary/aromatic N) is 1. The summed E-state index contributed by atoms with van der Waals surface area (Å²) in [5, 5.41) is 6.48. The number of halogens is 1. The Labute approximate surface area is 148 Å². The fraction of sp³-hybridized carbons (Fsp3) is 0.111. The lowest BCUT2D eigenvalue weighted by atomic mass is 10.2. The first-order valence-electron chi connectivity index (χ1n) is 7.05. The largest absolute Gasteiger partial charge is 0.480 e. The summed E-state index contributed by atoms with van der Waals surface area (Å²) in [6.45, 7) is 0.0294. The second-order valence-corrected chi connectivity index (χ2v) is 5.46. The summed E-state index contributed by atoms with van der Waals surface area (Å²) in [5.41, 5.74) is 1.50. The fourth-order valence-corrected chi connectivity index (χ4v) is 2.26. The Morgan fingerprint density at radius 2 is 2.08 bits per heavy atom. The predicted molar refractivity (Wildman–Crippen MR) is 97.1 cm³/mol. The van der Waals surface area contributed by atoms with Gasteiger partial charge in [-0.2, -0.15) is 0 Å². The van der Waals surface area contributed by atoms with Gasteiger partial charge in [0.15, 0.2) is 6.61 Å². The van der Waals surface area contributed by atoms with Crippen molar-refractivity contribution < 1.29 is 14.4 Å². The summed E-state index contributed by atoms with van der Waals surface area (Å²) < 4.78 is 6.10. The molecule has 0 spiro atoms. The van der Waals surface area contributed by atoms with E-state index < -0.39 is 0 Å². The molecule has 2 aromatic rings. The van der Waals surface area contributed by atoms with Crippen LogP contribution in [0.1, 0.15) is 5.56 Å². The number of terminal acetylenes is 1. The molecule has 0 aliphatic carbocycles. The van der Waals surface area contributed by atoms with Gasteiger partial charge in [0.05, 0.1) is 10.7 Å². The van der Waals surface area contributed by atoms with Crippen molar-refractivity contribution in [2.75, 3.05) is 18.5 Å². The highest BCUT2D eigenvalue weighted by atomic mass is 79.9. The second-order valence-electron chi connectivity index (χ2n) is 4.60. The lowest BCUT2D eigenvalue weighted by Gasteiger charge is -2.05. The summed E-state index contributed by atoms with van der Waals surface area (Å²) >= 11 is 3.39. The molecule has 24 heavy (non-hydrogen) atoms. The van der Waals surface area contributed by atoms with Crippen molar-refractivity contribution in [2.24, 2.45) is 5.16 Å². The van der Waals surface area contributed by atoms with Crippen molar-refractivity contribution in [3.63, 3.8) is 0 Å². The lowest BCUT2D eigenvalue weighted by molar-refractivity contribution is -0.120. The van der Waals surface area contributed by atoms with Gasteiger partial charge in [0.1, 0.15) is 12.4 Å². The highest BCUT2D eigenvalue weighted by molar-refractivity contribution is 9.10. The van der Waals surface area contributed by atoms with Crippen LogP contribution in [0.2, 0.25) is 0 Å². The van der Waals surface area contributed by atoms with Gasteiger partial charge in [0, 0.05) is 5.69 Å². The van der Waals surface area contributed by atoms with Crippen LogP contribution in [0.4, 0.5) is 5.69 Å². The molecule has 122 valence electrons. The van der Waals surface area contributed by atoms with Crippen LogP contribution in [0.3, 0.4) is 0 Å². The topological polar surface area (TPSA) is 59.9 Å². The number of carbonyl (C=O) groups excluding carboxylic acids is 1. The van der Waals surface area contributed by atoms with E-state index in [1.165, 1.54) is 6.21 Å². The van der Waals surface area contributed by atoms with Crippen molar-refractivity contribution >= 4 is 33.7 Å². The van der Waals surface area contributed by atoms with Crippen LogP contribution in [-0.2, 0) is 9.63 Å². The first-order valence-corrected chi connectivity index (χ1v) is 7.84.